The summed E-state index contributed by atoms with van der Waals surface area (Å²) in [5, 5.41) is 0. The molecule has 9 heteroatoms. The van der Waals surface area contributed by atoms with Gasteiger partial charge in [-0.3, -0.25) is 14.4 Å². The van der Waals surface area contributed by atoms with Crippen molar-refractivity contribution in [1.82, 2.24) is 0 Å². The number of quaternary nitrogens is 1. The normalized spacial score (nSPS) is 11.2. The van der Waals surface area contributed by atoms with Crippen LogP contribution >= 0.6 is 0 Å². The van der Waals surface area contributed by atoms with Gasteiger partial charge in [0, 0.05) is 19.8 Å². The Morgan fingerprint density at radius 3 is 1.35 bits per heavy atom. The van der Waals surface area contributed by atoms with Gasteiger partial charge in [-0.15, -0.1) is 0 Å². The zero-order valence-electron chi connectivity index (χ0n) is 26.0. The molecule has 0 heterocycles. The summed E-state index contributed by atoms with van der Waals surface area (Å²) in [6, 6.07) is 0. The van der Waals surface area contributed by atoms with E-state index >= 15 is 0 Å². The fourth-order valence-corrected chi connectivity index (χ4v) is 4.32. The molecule has 0 N–H and O–H groups in total. The van der Waals surface area contributed by atoms with Crippen LogP contribution in [0.4, 0.5) is 0 Å². The van der Waals surface area contributed by atoms with Gasteiger partial charge in [-0.05, 0) is 25.7 Å². The van der Waals surface area contributed by atoms with Crippen LogP contribution in [0.15, 0.2) is 0 Å². The van der Waals surface area contributed by atoms with Crippen LogP contribution in [0, 0.1) is 0 Å². The molecule has 0 saturated heterocycles. The lowest BCUT2D eigenvalue weighted by atomic mass is 10.1. The third-order valence-electron chi connectivity index (χ3n) is 6.86. The first-order valence-corrected chi connectivity index (χ1v) is 15.5. The number of carbonyl (C=O) groups excluding carboxylic acids is 4. The predicted octanol–water partition coefficient (Wildman–Crippen LogP) is 5.91. The van der Waals surface area contributed by atoms with E-state index < -0.39 is 0 Å². The van der Waals surface area contributed by atoms with Crippen molar-refractivity contribution in [2.24, 2.45) is 0 Å². The lowest BCUT2D eigenvalue weighted by molar-refractivity contribution is -0.883. The number of hydrogen-bond acceptors (Lipinski definition) is 8. The zero-order chi connectivity index (χ0) is 29.9. The molecule has 0 amide bonds. The Hall–Kier alpha value is -2.16. The maximum atomic E-state index is 12.0. The number of carbonyl (C=O) groups is 4. The van der Waals surface area contributed by atoms with Crippen LogP contribution in [0.25, 0.3) is 0 Å². The van der Waals surface area contributed by atoms with E-state index in [0.29, 0.717) is 43.7 Å². The van der Waals surface area contributed by atoms with E-state index in [1.54, 1.807) is 0 Å². The van der Waals surface area contributed by atoms with Crippen molar-refractivity contribution in [1.29, 1.82) is 0 Å². The highest BCUT2D eigenvalue weighted by molar-refractivity contribution is 5.70. The number of esters is 4. The highest BCUT2D eigenvalue weighted by Gasteiger charge is 2.21. The summed E-state index contributed by atoms with van der Waals surface area (Å²) in [6.07, 6.45) is 18.2. The lowest BCUT2D eigenvalue weighted by Crippen LogP contribution is -2.46. The molecule has 0 fully saturated rings. The minimum Gasteiger partial charge on any atom is -0.469 e. The van der Waals surface area contributed by atoms with Crippen molar-refractivity contribution >= 4 is 23.9 Å². The molecule has 0 rings (SSSR count). The number of methoxy groups -OCH3 is 1. The molecule has 0 aromatic heterocycles. The third-order valence-corrected chi connectivity index (χ3v) is 6.86. The fourth-order valence-electron chi connectivity index (χ4n) is 4.32. The topological polar surface area (TPSA) is 105 Å². The molecule has 0 aliphatic carbocycles. The fraction of sp³-hybridized carbons (Fsp3) is 0.871. The number of rotatable bonds is 27. The highest BCUT2D eigenvalue weighted by Crippen LogP contribution is 2.12. The molecule has 0 aromatic rings. The standard InChI is InChI=1S/C31H58NO8/c1-28(33)38-26-23-32(2,3)27-31(36)40-25-20-16-12-8-7-11-15-19-24-39-30(35)22-18-14-10-6-5-9-13-17-21-29(34)37-4/h5-27H2,1-4H3/q+1. The van der Waals surface area contributed by atoms with Gasteiger partial charge in [-0.25, -0.2) is 4.79 Å². The molecule has 0 aliphatic heterocycles. The summed E-state index contributed by atoms with van der Waals surface area (Å²) < 4.78 is 20.7. The van der Waals surface area contributed by atoms with E-state index in [0.717, 1.165) is 77.0 Å². The summed E-state index contributed by atoms with van der Waals surface area (Å²) in [7, 11) is 5.26. The van der Waals surface area contributed by atoms with Crippen LogP contribution in [0.3, 0.4) is 0 Å². The van der Waals surface area contributed by atoms with Gasteiger partial charge < -0.3 is 23.4 Å². The van der Waals surface area contributed by atoms with Crippen molar-refractivity contribution < 1.29 is 42.6 Å². The number of ether oxygens (including phenoxy) is 4. The van der Waals surface area contributed by atoms with Gasteiger partial charge >= 0.3 is 23.9 Å². The van der Waals surface area contributed by atoms with Crippen LogP contribution < -0.4 is 0 Å². The first kappa shape index (κ1) is 37.8. The van der Waals surface area contributed by atoms with Gasteiger partial charge in [0.2, 0.25) is 0 Å². The SMILES string of the molecule is COC(=O)CCCCCCCCCCC(=O)OCCCCCCCCCCOC(=O)C[N+](C)(C)CCOC(C)=O. The van der Waals surface area contributed by atoms with Crippen LogP contribution in [0.1, 0.15) is 122 Å². The number of nitrogens with zero attached hydrogens (tertiary/aromatic N) is 1. The average Bonchev–Trinajstić information content (AvgIpc) is 2.89. The maximum Gasteiger partial charge on any atom is 0.361 e. The van der Waals surface area contributed by atoms with E-state index in [-0.39, 0.29) is 30.4 Å². The van der Waals surface area contributed by atoms with E-state index in [2.05, 4.69) is 4.74 Å². The molecule has 0 aliphatic rings. The van der Waals surface area contributed by atoms with Gasteiger partial charge in [0.1, 0.15) is 13.2 Å². The molecule has 0 atom stereocenters. The van der Waals surface area contributed by atoms with Crippen LogP contribution in [0.2, 0.25) is 0 Å². The van der Waals surface area contributed by atoms with Gasteiger partial charge in [0.05, 0.1) is 34.4 Å². The third kappa shape index (κ3) is 27.4. The lowest BCUT2D eigenvalue weighted by Gasteiger charge is -2.28. The minimum atomic E-state index is -0.310. The van der Waals surface area contributed by atoms with E-state index in [1.807, 2.05) is 14.1 Å². The Morgan fingerprint density at radius 1 is 0.500 bits per heavy atom. The first-order chi connectivity index (χ1) is 19.2. The van der Waals surface area contributed by atoms with Crippen LogP contribution in [-0.4, -0.2) is 82.5 Å². The molecular formula is C31H58NO8+. The Labute approximate surface area is 243 Å². The monoisotopic (exact) mass is 572 g/mol. The largest absolute Gasteiger partial charge is 0.469 e. The van der Waals surface area contributed by atoms with Crippen LogP contribution in [-0.2, 0) is 38.1 Å². The Bertz CT molecular complexity index is 680. The number of hydrogen-bond donors (Lipinski definition) is 0. The van der Waals surface area contributed by atoms with Crippen molar-refractivity contribution in [2.75, 3.05) is 54.1 Å². The van der Waals surface area contributed by atoms with Crippen LogP contribution in [0.5, 0.6) is 0 Å². The molecule has 0 aromatic carbocycles. The summed E-state index contributed by atoms with van der Waals surface area (Å²) in [5.74, 6) is -0.728. The van der Waals surface area contributed by atoms with Crippen molar-refractivity contribution in [3.05, 3.63) is 0 Å². The van der Waals surface area contributed by atoms with E-state index in [9.17, 15) is 19.2 Å². The number of unbranched alkanes of at least 4 members (excludes halogenated alkanes) is 14. The van der Waals surface area contributed by atoms with Gasteiger partial charge in [0.25, 0.3) is 0 Å². The minimum absolute atomic E-state index is 0.0759. The van der Waals surface area contributed by atoms with Gasteiger partial charge in [-0.2, -0.15) is 0 Å². The molecule has 0 unspecified atom stereocenters. The van der Waals surface area contributed by atoms with E-state index in [4.69, 9.17) is 14.2 Å². The average molecular weight is 573 g/mol. The summed E-state index contributed by atoms with van der Waals surface area (Å²) in [4.78, 5) is 45.8. The maximum absolute atomic E-state index is 12.0. The Balaban J connectivity index is 3.39. The molecule has 0 spiro atoms. The second-order valence-electron chi connectivity index (χ2n) is 11.3. The van der Waals surface area contributed by atoms with Gasteiger partial charge in [-0.1, -0.05) is 77.0 Å². The molecule has 0 radical (unpaired) electrons. The Kier molecular flexibility index (Phi) is 24.4. The highest BCUT2D eigenvalue weighted by atomic mass is 16.5. The molecule has 0 saturated carbocycles. The predicted molar refractivity (Wildman–Crippen MR) is 156 cm³/mol. The second kappa shape index (κ2) is 25.8. The van der Waals surface area contributed by atoms with Crippen molar-refractivity contribution in [3.8, 4) is 0 Å². The zero-order valence-corrected chi connectivity index (χ0v) is 26.0. The Morgan fingerprint density at radius 2 is 0.900 bits per heavy atom. The van der Waals surface area contributed by atoms with E-state index in [1.165, 1.54) is 39.7 Å². The second-order valence-corrected chi connectivity index (χ2v) is 11.3. The number of likely N-dealkylation sites (N-methyl/N-ethyl adjacent to an activating group) is 1. The molecular weight excluding hydrogens is 514 g/mol. The molecule has 0 bridgehead atoms. The molecule has 40 heavy (non-hydrogen) atoms. The first-order valence-electron chi connectivity index (χ1n) is 15.5. The van der Waals surface area contributed by atoms with Crippen molar-refractivity contribution in [3.63, 3.8) is 0 Å². The molecule has 9 nitrogen and oxygen atoms in total. The molecule has 234 valence electrons. The summed E-state index contributed by atoms with van der Waals surface area (Å²) >= 11 is 0. The summed E-state index contributed by atoms with van der Waals surface area (Å²) in [5.41, 5.74) is 0. The van der Waals surface area contributed by atoms with Crippen molar-refractivity contribution in [2.45, 2.75) is 122 Å². The smallest absolute Gasteiger partial charge is 0.361 e. The van der Waals surface area contributed by atoms with Gasteiger partial charge in [0.15, 0.2) is 6.54 Å². The summed E-state index contributed by atoms with van der Waals surface area (Å²) in [6.45, 7) is 3.48. The quantitative estimate of drug-likeness (QED) is 0.0518.